The van der Waals surface area contributed by atoms with Gasteiger partial charge in [0.1, 0.15) is 0 Å². The summed E-state index contributed by atoms with van der Waals surface area (Å²) in [6, 6.07) is 0. The van der Waals surface area contributed by atoms with Gasteiger partial charge in [-0.05, 0) is 33.4 Å². The molecule has 2 unspecified atom stereocenters. The summed E-state index contributed by atoms with van der Waals surface area (Å²) in [5.41, 5.74) is -0.117. The molecule has 0 spiro atoms. The normalized spacial score (nSPS) is 29.8. The lowest BCUT2D eigenvalue weighted by atomic mass is 9.86. The summed E-state index contributed by atoms with van der Waals surface area (Å²) in [5.74, 6) is 0. The SMILES string of the molecule is CCCC1CC(CO)(NCCN(C)C)CCO1. The first kappa shape index (κ1) is 14.9. The van der Waals surface area contributed by atoms with Crippen LogP contribution in [0.15, 0.2) is 0 Å². The van der Waals surface area contributed by atoms with Gasteiger partial charge in [0.2, 0.25) is 0 Å². The quantitative estimate of drug-likeness (QED) is 0.697. The Morgan fingerprint density at radius 2 is 2.24 bits per heavy atom. The average molecular weight is 244 g/mol. The molecular weight excluding hydrogens is 216 g/mol. The molecule has 1 rings (SSSR count). The smallest absolute Gasteiger partial charge is 0.0615 e. The molecular formula is C13H28N2O2. The Morgan fingerprint density at radius 3 is 2.82 bits per heavy atom. The van der Waals surface area contributed by atoms with Crippen LogP contribution in [0.1, 0.15) is 32.6 Å². The molecule has 1 saturated heterocycles. The minimum Gasteiger partial charge on any atom is -0.394 e. The molecule has 102 valence electrons. The average Bonchev–Trinajstić information content (AvgIpc) is 2.29. The number of aliphatic hydroxyl groups excluding tert-OH is 1. The van der Waals surface area contributed by atoms with Crippen LogP contribution >= 0.6 is 0 Å². The van der Waals surface area contributed by atoms with Crippen LogP contribution in [0.5, 0.6) is 0 Å². The zero-order valence-corrected chi connectivity index (χ0v) is 11.5. The van der Waals surface area contributed by atoms with Gasteiger partial charge in [0.05, 0.1) is 12.7 Å². The first-order valence-corrected chi connectivity index (χ1v) is 6.74. The largest absolute Gasteiger partial charge is 0.394 e. The number of nitrogens with zero attached hydrogens (tertiary/aromatic N) is 1. The number of nitrogens with one attached hydrogen (secondary N) is 1. The van der Waals surface area contributed by atoms with Crippen molar-refractivity contribution in [1.82, 2.24) is 10.2 Å². The van der Waals surface area contributed by atoms with Gasteiger partial charge in [0.25, 0.3) is 0 Å². The van der Waals surface area contributed by atoms with E-state index in [4.69, 9.17) is 4.74 Å². The highest BCUT2D eigenvalue weighted by atomic mass is 16.5. The van der Waals surface area contributed by atoms with E-state index >= 15 is 0 Å². The second kappa shape index (κ2) is 7.31. The van der Waals surface area contributed by atoms with Crippen LogP contribution in [0, 0.1) is 0 Å². The van der Waals surface area contributed by atoms with Crippen molar-refractivity contribution in [1.29, 1.82) is 0 Å². The summed E-state index contributed by atoms with van der Waals surface area (Å²) in [7, 11) is 4.13. The van der Waals surface area contributed by atoms with Gasteiger partial charge in [-0.1, -0.05) is 13.3 Å². The predicted octanol–water partition coefficient (Wildman–Crippen LogP) is 0.848. The van der Waals surface area contributed by atoms with Crippen LogP contribution in [0.25, 0.3) is 0 Å². The van der Waals surface area contributed by atoms with E-state index in [2.05, 4.69) is 31.2 Å². The lowest BCUT2D eigenvalue weighted by Crippen LogP contribution is -2.55. The van der Waals surface area contributed by atoms with Crippen LogP contribution in [0.3, 0.4) is 0 Å². The van der Waals surface area contributed by atoms with Gasteiger partial charge in [-0.2, -0.15) is 0 Å². The van der Waals surface area contributed by atoms with Crippen molar-refractivity contribution < 1.29 is 9.84 Å². The second-order valence-corrected chi connectivity index (χ2v) is 5.40. The Morgan fingerprint density at radius 1 is 1.47 bits per heavy atom. The fraction of sp³-hybridized carbons (Fsp3) is 1.00. The molecule has 1 aliphatic rings. The van der Waals surface area contributed by atoms with Crippen molar-refractivity contribution >= 4 is 0 Å². The number of likely N-dealkylation sites (N-methyl/N-ethyl adjacent to an activating group) is 1. The van der Waals surface area contributed by atoms with E-state index in [0.29, 0.717) is 6.10 Å². The third kappa shape index (κ3) is 4.92. The molecule has 17 heavy (non-hydrogen) atoms. The van der Waals surface area contributed by atoms with Crippen molar-refractivity contribution in [3.8, 4) is 0 Å². The molecule has 0 aromatic rings. The van der Waals surface area contributed by atoms with E-state index in [1.807, 2.05) is 0 Å². The molecule has 0 radical (unpaired) electrons. The molecule has 0 saturated carbocycles. The van der Waals surface area contributed by atoms with Gasteiger partial charge >= 0.3 is 0 Å². The summed E-state index contributed by atoms with van der Waals surface area (Å²) in [6.45, 7) is 5.08. The summed E-state index contributed by atoms with van der Waals surface area (Å²) in [6.07, 6.45) is 4.40. The van der Waals surface area contributed by atoms with Gasteiger partial charge in [0.15, 0.2) is 0 Å². The first-order valence-electron chi connectivity index (χ1n) is 6.74. The molecule has 2 atom stereocenters. The Labute approximate surface area is 105 Å². The molecule has 0 bridgehead atoms. The minimum absolute atomic E-state index is 0.117. The number of rotatable bonds is 7. The van der Waals surface area contributed by atoms with Gasteiger partial charge in [-0.15, -0.1) is 0 Å². The molecule has 4 heteroatoms. The van der Waals surface area contributed by atoms with Crippen LogP contribution in [-0.2, 0) is 4.74 Å². The summed E-state index contributed by atoms with van der Waals surface area (Å²) in [5, 5.41) is 13.2. The van der Waals surface area contributed by atoms with Crippen LogP contribution in [-0.4, -0.2) is 62.0 Å². The van der Waals surface area contributed by atoms with Crippen molar-refractivity contribution in [2.24, 2.45) is 0 Å². The number of ether oxygens (including phenoxy) is 1. The summed E-state index contributed by atoms with van der Waals surface area (Å²) < 4.78 is 5.74. The molecule has 2 N–H and O–H groups in total. The highest BCUT2D eigenvalue weighted by Gasteiger charge is 2.35. The van der Waals surface area contributed by atoms with Crippen LogP contribution in [0.4, 0.5) is 0 Å². The van der Waals surface area contributed by atoms with Crippen LogP contribution < -0.4 is 5.32 Å². The van der Waals surface area contributed by atoms with E-state index in [-0.39, 0.29) is 12.1 Å². The maximum absolute atomic E-state index is 9.66. The van der Waals surface area contributed by atoms with E-state index < -0.39 is 0 Å². The highest BCUT2D eigenvalue weighted by molar-refractivity contribution is 4.93. The maximum Gasteiger partial charge on any atom is 0.0615 e. The fourth-order valence-electron chi connectivity index (χ4n) is 2.43. The van der Waals surface area contributed by atoms with E-state index in [0.717, 1.165) is 45.4 Å². The molecule has 0 aromatic heterocycles. The van der Waals surface area contributed by atoms with Gasteiger partial charge < -0.3 is 20.1 Å². The van der Waals surface area contributed by atoms with Gasteiger partial charge in [-0.3, -0.25) is 0 Å². The molecule has 1 fully saturated rings. The number of hydrogen-bond acceptors (Lipinski definition) is 4. The molecule has 0 aromatic carbocycles. The zero-order chi connectivity index (χ0) is 12.7. The lowest BCUT2D eigenvalue weighted by molar-refractivity contribution is -0.0483. The molecule has 4 nitrogen and oxygen atoms in total. The number of hydrogen-bond donors (Lipinski definition) is 2. The standard InChI is InChI=1S/C13H28N2O2/c1-4-5-12-10-13(11-16,6-9-17-12)14-7-8-15(2)3/h12,14,16H,4-11H2,1-3H3. The second-order valence-electron chi connectivity index (χ2n) is 5.40. The topological polar surface area (TPSA) is 44.7 Å². The van der Waals surface area contributed by atoms with Gasteiger partial charge in [-0.25, -0.2) is 0 Å². The first-order chi connectivity index (χ1) is 8.12. The number of aliphatic hydroxyl groups is 1. The molecule has 0 aliphatic carbocycles. The third-order valence-corrected chi connectivity index (χ3v) is 3.52. The van der Waals surface area contributed by atoms with Crippen molar-refractivity contribution in [3.63, 3.8) is 0 Å². The van der Waals surface area contributed by atoms with Crippen molar-refractivity contribution in [2.45, 2.75) is 44.2 Å². The summed E-state index contributed by atoms with van der Waals surface area (Å²) in [4.78, 5) is 2.15. The zero-order valence-electron chi connectivity index (χ0n) is 11.5. The van der Waals surface area contributed by atoms with Crippen molar-refractivity contribution in [2.75, 3.05) is 40.4 Å². The Hall–Kier alpha value is -0.160. The molecule has 0 amide bonds. The minimum atomic E-state index is -0.117. The fourth-order valence-corrected chi connectivity index (χ4v) is 2.43. The Kier molecular flexibility index (Phi) is 6.41. The maximum atomic E-state index is 9.66. The van der Waals surface area contributed by atoms with Gasteiger partial charge in [0, 0.05) is 25.2 Å². The molecule has 1 heterocycles. The van der Waals surface area contributed by atoms with E-state index in [1.54, 1.807) is 0 Å². The van der Waals surface area contributed by atoms with Crippen LogP contribution in [0.2, 0.25) is 0 Å². The lowest BCUT2D eigenvalue weighted by Gasteiger charge is -2.40. The molecule has 1 aliphatic heterocycles. The third-order valence-electron chi connectivity index (χ3n) is 3.52. The highest BCUT2D eigenvalue weighted by Crippen LogP contribution is 2.26. The predicted molar refractivity (Wildman–Crippen MR) is 70.3 cm³/mol. The monoisotopic (exact) mass is 244 g/mol. The van der Waals surface area contributed by atoms with E-state index in [1.165, 1.54) is 0 Å². The Balaban J connectivity index is 2.43. The van der Waals surface area contributed by atoms with E-state index in [9.17, 15) is 5.11 Å². The van der Waals surface area contributed by atoms with Crippen molar-refractivity contribution in [3.05, 3.63) is 0 Å². The summed E-state index contributed by atoms with van der Waals surface area (Å²) >= 11 is 0. The Bertz CT molecular complexity index is 210.